The number of carbonyl (C=O) groups excluding carboxylic acids is 2. The minimum Gasteiger partial charge on any atom is -0.497 e. The van der Waals surface area contributed by atoms with E-state index in [1.165, 1.54) is 0 Å². The molecule has 2 N–H and O–H groups in total. The monoisotopic (exact) mass is 478 g/mol. The molecule has 0 spiro atoms. The van der Waals surface area contributed by atoms with E-state index in [9.17, 15) is 14.7 Å². The van der Waals surface area contributed by atoms with Gasteiger partial charge in [-0.3, -0.25) is 14.6 Å². The molecule has 5 rings (SSSR count). The summed E-state index contributed by atoms with van der Waals surface area (Å²) in [6.45, 7) is 0.326. The third-order valence-corrected chi connectivity index (χ3v) is 7.06. The van der Waals surface area contributed by atoms with Gasteiger partial charge < -0.3 is 19.6 Å². The molecule has 2 aromatic heterocycles. The molecule has 9 heteroatoms. The number of rotatable bonds is 6. The fourth-order valence-electron chi connectivity index (χ4n) is 5.25. The van der Waals surface area contributed by atoms with Gasteiger partial charge in [-0.1, -0.05) is 6.42 Å². The fraction of sp³-hybridized carbons (Fsp3) is 0.423. The molecule has 1 saturated carbocycles. The van der Waals surface area contributed by atoms with Crippen molar-refractivity contribution >= 4 is 34.2 Å². The van der Waals surface area contributed by atoms with Gasteiger partial charge in [0.1, 0.15) is 17.1 Å². The number of Topliss-reactive ketones (excluding diaryl/α,β-unsaturated/α-hetero) is 1. The summed E-state index contributed by atoms with van der Waals surface area (Å²) < 4.78 is 10.7. The zero-order chi connectivity index (χ0) is 24.7. The summed E-state index contributed by atoms with van der Waals surface area (Å²) in [7, 11) is 4.86. The highest BCUT2D eigenvalue weighted by Gasteiger charge is 2.32. The molecule has 3 heterocycles. The second-order valence-corrected chi connectivity index (χ2v) is 9.39. The van der Waals surface area contributed by atoms with Crippen LogP contribution >= 0.6 is 0 Å². The van der Waals surface area contributed by atoms with Gasteiger partial charge >= 0.3 is 6.03 Å². The minimum absolute atomic E-state index is 0.00532. The highest BCUT2D eigenvalue weighted by molar-refractivity contribution is 6.12. The Balaban J connectivity index is 1.45. The SMILES string of the molecule is COc1cc(OC)cc(N2Cc3cnc4[nH]c(C(=O)C[C@@H]5CCCC(O)C5)cc4c3N(C)C2=O)c1. The van der Waals surface area contributed by atoms with Crippen LogP contribution < -0.4 is 19.3 Å². The largest absolute Gasteiger partial charge is 0.497 e. The van der Waals surface area contributed by atoms with Gasteiger partial charge in [-0.25, -0.2) is 9.78 Å². The first-order valence-electron chi connectivity index (χ1n) is 11.9. The Labute approximate surface area is 203 Å². The lowest BCUT2D eigenvalue weighted by molar-refractivity contribution is 0.0820. The zero-order valence-electron chi connectivity index (χ0n) is 20.2. The molecule has 1 aromatic carbocycles. The number of aliphatic hydroxyl groups excluding tert-OH is 1. The summed E-state index contributed by atoms with van der Waals surface area (Å²) >= 11 is 0. The number of H-pyrrole nitrogens is 1. The smallest absolute Gasteiger partial charge is 0.329 e. The van der Waals surface area contributed by atoms with Crippen molar-refractivity contribution in [1.82, 2.24) is 9.97 Å². The number of aromatic nitrogens is 2. The molecule has 1 aliphatic heterocycles. The van der Waals surface area contributed by atoms with Crippen molar-refractivity contribution in [2.24, 2.45) is 5.92 Å². The van der Waals surface area contributed by atoms with Crippen LogP contribution in [0.25, 0.3) is 11.0 Å². The molecule has 0 saturated heterocycles. The Morgan fingerprint density at radius 1 is 1.17 bits per heavy atom. The summed E-state index contributed by atoms with van der Waals surface area (Å²) in [5.41, 5.74) is 3.33. The summed E-state index contributed by atoms with van der Waals surface area (Å²) in [6.07, 6.45) is 5.21. The zero-order valence-corrected chi connectivity index (χ0v) is 20.2. The highest BCUT2D eigenvalue weighted by Crippen LogP contribution is 2.38. The van der Waals surface area contributed by atoms with Gasteiger partial charge in [-0.2, -0.15) is 0 Å². The van der Waals surface area contributed by atoms with E-state index in [4.69, 9.17) is 9.47 Å². The Morgan fingerprint density at radius 3 is 2.60 bits per heavy atom. The second kappa shape index (κ2) is 9.22. The normalized spacial score (nSPS) is 20.2. The maximum Gasteiger partial charge on any atom is 0.329 e. The number of amides is 2. The molecule has 1 fully saturated rings. The molecule has 1 unspecified atom stereocenters. The van der Waals surface area contributed by atoms with Crippen LogP contribution in [0.5, 0.6) is 11.5 Å². The van der Waals surface area contributed by atoms with Crippen molar-refractivity contribution in [1.29, 1.82) is 0 Å². The standard InChI is InChI=1S/C26H30N4O5/c1-29-24-16(14-30(26(29)33)17-9-19(34-2)11-20(10-17)35-3)13-27-25-21(24)12-22(28-25)23(32)8-15-5-4-6-18(31)7-15/h9-13,15,18,31H,4-8,14H2,1-3H3,(H,27,28)/t15-,18?/m1/s1. The number of pyridine rings is 1. The first-order valence-corrected chi connectivity index (χ1v) is 11.9. The van der Waals surface area contributed by atoms with Crippen LogP contribution in [-0.2, 0) is 6.54 Å². The van der Waals surface area contributed by atoms with Crippen LogP contribution in [0.1, 0.15) is 48.2 Å². The van der Waals surface area contributed by atoms with Gasteiger partial charge in [0.05, 0.1) is 43.9 Å². The van der Waals surface area contributed by atoms with E-state index in [-0.39, 0.29) is 23.8 Å². The molecule has 2 atom stereocenters. The summed E-state index contributed by atoms with van der Waals surface area (Å²) in [4.78, 5) is 37.4. The number of hydrogen-bond donors (Lipinski definition) is 2. The topological polar surface area (TPSA) is 108 Å². The maximum absolute atomic E-state index is 13.4. The average molecular weight is 479 g/mol. The lowest BCUT2D eigenvalue weighted by Gasteiger charge is -2.35. The van der Waals surface area contributed by atoms with Crippen molar-refractivity contribution in [2.45, 2.75) is 44.8 Å². The van der Waals surface area contributed by atoms with E-state index in [2.05, 4.69) is 9.97 Å². The number of urea groups is 1. The number of ether oxygens (including phenoxy) is 2. The number of nitrogens with zero attached hydrogens (tertiary/aromatic N) is 3. The van der Waals surface area contributed by atoms with Crippen LogP contribution in [0.15, 0.2) is 30.5 Å². The predicted octanol–water partition coefficient (Wildman–Crippen LogP) is 4.28. The molecular formula is C26H30N4O5. The van der Waals surface area contributed by atoms with Crippen molar-refractivity contribution in [3.05, 3.63) is 41.7 Å². The number of methoxy groups -OCH3 is 2. The number of carbonyl (C=O) groups is 2. The number of ketones is 1. The average Bonchev–Trinajstić information content (AvgIpc) is 3.30. The molecule has 2 amide bonds. The van der Waals surface area contributed by atoms with Crippen molar-refractivity contribution in [3.8, 4) is 11.5 Å². The number of hydrogen-bond acceptors (Lipinski definition) is 6. The van der Waals surface area contributed by atoms with E-state index < -0.39 is 0 Å². The number of aliphatic hydroxyl groups is 1. The first kappa shape index (κ1) is 23.2. The van der Waals surface area contributed by atoms with E-state index in [1.807, 2.05) is 0 Å². The minimum atomic E-state index is -0.315. The fourth-order valence-corrected chi connectivity index (χ4v) is 5.25. The van der Waals surface area contributed by atoms with E-state index in [1.54, 1.807) is 61.5 Å². The molecule has 35 heavy (non-hydrogen) atoms. The Bertz CT molecular complexity index is 1260. The van der Waals surface area contributed by atoms with Gasteiger partial charge in [0.15, 0.2) is 5.78 Å². The summed E-state index contributed by atoms with van der Waals surface area (Å²) in [5, 5.41) is 10.7. The number of benzene rings is 1. The quantitative estimate of drug-likeness (QED) is 0.512. The molecule has 0 bridgehead atoms. The van der Waals surface area contributed by atoms with Gasteiger partial charge in [-0.05, 0) is 31.2 Å². The van der Waals surface area contributed by atoms with E-state index >= 15 is 0 Å². The molecule has 1 aliphatic carbocycles. The second-order valence-electron chi connectivity index (χ2n) is 9.39. The van der Waals surface area contributed by atoms with Gasteiger partial charge in [0.25, 0.3) is 0 Å². The van der Waals surface area contributed by atoms with Gasteiger partial charge in [-0.15, -0.1) is 0 Å². The van der Waals surface area contributed by atoms with Gasteiger partial charge in [0, 0.05) is 48.8 Å². The molecular weight excluding hydrogens is 448 g/mol. The number of nitrogens with one attached hydrogen (secondary N) is 1. The predicted molar refractivity (Wildman–Crippen MR) is 133 cm³/mol. The number of aromatic amines is 1. The Morgan fingerprint density at radius 2 is 1.91 bits per heavy atom. The number of anilines is 2. The third-order valence-electron chi connectivity index (χ3n) is 7.06. The van der Waals surface area contributed by atoms with Crippen LogP contribution in [0.2, 0.25) is 0 Å². The van der Waals surface area contributed by atoms with Crippen LogP contribution in [0.3, 0.4) is 0 Å². The summed E-state index contributed by atoms with van der Waals surface area (Å²) in [5.74, 6) is 1.38. The lowest BCUT2D eigenvalue weighted by Crippen LogP contribution is -2.45. The molecule has 2 aliphatic rings. The number of fused-ring (bicyclic) bond motifs is 3. The van der Waals surface area contributed by atoms with Crippen molar-refractivity contribution in [3.63, 3.8) is 0 Å². The molecule has 3 aromatic rings. The van der Waals surface area contributed by atoms with Crippen molar-refractivity contribution in [2.75, 3.05) is 31.1 Å². The Kier molecular flexibility index (Phi) is 6.10. The Hall–Kier alpha value is -3.59. The van der Waals surface area contributed by atoms with Crippen molar-refractivity contribution < 1.29 is 24.2 Å². The molecule has 0 radical (unpaired) electrons. The van der Waals surface area contributed by atoms with Crippen LogP contribution in [-0.4, -0.2) is 54.3 Å². The van der Waals surface area contributed by atoms with E-state index in [0.29, 0.717) is 47.9 Å². The third kappa shape index (κ3) is 4.32. The van der Waals surface area contributed by atoms with Gasteiger partial charge in [0.2, 0.25) is 0 Å². The first-order chi connectivity index (χ1) is 16.9. The highest BCUT2D eigenvalue weighted by atomic mass is 16.5. The molecule has 9 nitrogen and oxygen atoms in total. The van der Waals surface area contributed by atoms with Crippen LogP contribution in [0.4, 0.5) is 16.2 Å². The summed E-state index contributed by atoms with van der Waals surface area (Å²) in [6, 6.07) is 6.94. The van der Waals surface area contributed by atoms with E-state index in [0.717, 1.165) is 35.9 Å². The molecule has 184 valence electrons. The maximum atomic E-state index is 13.4. The van der Waals surface area contributed by atoms with Crippen LogP contribution in [0, 0.1) is 5.92 Å². The lowest BCUT2D eigenvalue weighted by atomic mass is 9.84.